The van der Waals surface area contributed by atoms with Gasteiger partial charge in [-0.15, -0.1) is 0 Å². The van der Waals surface area contributed by atoms with Crippen molar-refractivity contribution in [1.82, 2.24) is 0 Å². The molecule has 0 radical (unpaired) electrons. The topological polar surface area (TPSA) is 44.8 Å². The van der Waals surface area contributed by atoms with E-state index in [-0.39, 0.29) is 18.4 Å². The molecule has 1 fully saturated rings. The molecule has 0 saturated carbocycles. The number of allylic oxidation sites excluding steroid dienone is 2. The zero-order chi connectivity index (χ0) is 13.3. The van der Waals surface area contributed by atoms with Crippen molar-refractivity contribution in [2.75, 3.05) is 14.2 Å². The number of carbonyl (C=O) groups is 1. The van der Waals surface area contributed by atoms with Gasteiger partial charge >= 0.3 is 5.97 Å². The maximum Gasteiger partial charge on any atom is 0.320 e. The molecule has 0 N–H and O–H groups in total. The van der Waals surface area contributed by atoms with Gasteiger partial charge in [0.2, 0.25) is 0 Å². The minimum atomic E-state index is -0.484. The first-order valence-electron chi connectivity index (χ1n) is 6.15. The Kier molecular flexibility index (Phi) is 3.59. The van der Waals surface area contributed by atoms with Crippen LogP contribution in [0.2, 0.25) is 0 Å². The van der Waals surface area contributed by atoms with Crippen molar-refractivity contribution in [3.63, 3.8) is 0 Å². The molecule has 0 aromatic heterocycles. The van der Waals surface area contributed by atoms with E-state index in [1.54, 1.807) is 14.2 Å². The Morgan fingerprint density at radius 3 is 2.72 bits per heavy atom. The molecular weight excluding hydrogens is 232 g/mol. The number of esters is 1. The summed E-state index contributed by atoms with van der Waals surface area (Å²) in [6.07, 6.45) is 5.04. The monoisotopic (exact) mass is 252 g/mol. The molecule has 2 aliphatic rings. The van der Waals surface area contributed by atoms with Crippen LogP contribution in [0.3, 0.4) is 0 Å². The first-order chi connectivity index (χ1) is 8.53. The normalized spacial score (nSPS) is 29.5. The Bertz CT molecular complexity index is 402. The third-order valence-electron chi connectivity index (χ3n) is 3.65. The van der Waals surface area contributed by atoms with E-state index in [2.05, 4.69) is 6.08 Å². The van der Waals surface area contributed by atoms with E-state index < -0.39 is 5.41 Å². The van der Waals surface area contributed by atoms with Crippen molar-refractivity contribution in [3.8, 4) is 0 Å². The van der Waals surface area contributed by atoms with Gasteiger partial charge in [-0.25, -0.2) is 0 Å². The molecule has 2 atom stereocenters. The Labute approximate surface area is 108 Å². The number of fused-ring (bicyclic) bond motifs is 1. The van der Waals surface area contributed by atoms with Gasteiger partial charge in [0, 0.05) is 20.6 Å². The SMILES string of the molecule is COC(OC)C1=CC2(CC=C(C)C)C(=O)OC2C1. The van der Waals surface area contributed by atoms with Gasteiger partial charge in [0.15, 0.2) is 6.29 Å². The molecule has 0 bridgehead atoms. The highest BCUT2D eigenvalue weighted by Crippen LogP contribution is 2.51. The molecule has 18 heavy (non-hydrogen) atoms. The molecule has 2 rings (SSSR count). The summed E-state index contributed by atoms with van der Waals surface area (Å²) in [5.74, 6) is -0.133. The van der Waals surface area contributed by atoms with Crippen molar-refractivity contribution < 1.29 is 19.0 Å². The van der Waals surface area contributed by atoms with Crippen LogP contribution in [0.5, 0.6) is 0 Å². The van der Waals surface area contributed by atoms with Crippen LogP contribution in [0.4, 0.5) is 0 Å². The van der Waals surface area contributed by atoms with Crippen LogP contribution >= 0.6 is 0 Å². The zero-order valence-electron chi connectivity index (χ0n) is 11.4. The van der Waals surface area contributed by atoms with E-state index in [1.807, 2.05) is 19.9 Å². The van der Waals surface area contributed by atoms with Crippen molar-refractivity contribution in [1.29, 1.82) is 0 Å². The molecule has 100 valence electrons. The predicted octanol–water partition coefficient (Wildman–Crippen LogP) is 2.20. The highest BCUT2D eigenvalue weighted by molar-refractivity contribution is 5.87. The second-order valence-corrected chi connectivity index (χ2v) is 5.15. The zero-order valence-corrected chi connectivity index (χ0v) is 11.4. The van der Waals surface area contributed by atoms with E-state index in [0.717, 1.165) is 5.57 Å². The maximum absolute atomic E-state index is 11.8. The van der Waals surface area contributed by atoms with Crippen LogP contribution < -0.4 is 0 Å². The molecule has 1 heterocycles. The van der Waals surface area contributed by atoms with E-state index in [1.165, 1.54) is 5.57 Å². The van der Waals surface area contributed by atoms with E-state index in [0.29, 0.717) is 12.8 Å². The first-order valence-corrected chi connectivity index (χ1v) is 6.15. The van der Waals surface area contributed by atoms with Crippen LogP contribution in [0, 0.1) is 5.41 Å². The summed E-state index contributed by atoms with van der Waals surface area (Å²) in [4.78, 5) is 11.8. The van der Waals surface area contributed by atoms with Crippen molar-refractivity contribution in [2.24, 2.45) is 5.41 Å². The lowest BCUT2D eigenvalue weighted by molar-refractivity contribution is -0.195. The van der Waals surface area contributed by atoms with Gasteiger partial charge in [-0.1, -0.05) is 17.7 Å². The third-order valence-corrected chi connectivity index (χ3v) is 3.65. The summed E-state index contributed by atoms with van der Waals surface area (Å²) in [5.41, 5.74) is 1.72. The standard InChI is InChI=1S/C14H20O4/c1-9(2)5-6-14-8-10(12(16-3)17-4)7-11(14)18-13(14)15/h5,8,11-12H,6-7H2,1-4H3. The number of hydrogen-bond donors (Lipinski definition) is 0. The first kappa shape index (κ1) is 13.3. The van der Waals surface area contributed by atoms with Crippen LogP contribution in [-0.4, -0.2) is 32.6 Å². The van der Waals surface area contributed by atoms with E-state index in [4.69, 9.17) is 14.2 Å². The maximum atomic E-state index is 11.8. The molecular formula is C14H20O4. The Hall–Kier alpha value is -1.13. The smallest absolute Gasteiger partial charge is 0.320 e. The number of ether oxygens (including phenoxy) is 3. The lowest BCUT2D eigenvalue weighted by atomic mass is 9.77. The second kappa shape index (κ2) is 4.86. The molecule has 1 saturated heterocycles. The second-order valence-electron chi connectivity index (χ2n) is 5.15. The van der Waals surface area contributed by atoms with Crippen molar-refractivity contribution >= 4 is 5.97 Å². The van der Waals surface area contributed by atoms with Gasteiger partial charge in [-0.2, -0.15) is 0 Å². The summed E-state index contributed by atoms with van der Waals surface area (Å²) in [6.45, 7) is 4.06. The minimum Gasteiger partial charge on any atom is -0.460 e. The third kappa shape index (κ3) is 1.99. The average Bonchev–Trinajstić information content (AvgIpc) is 2.62. The Balaban J connectivity index is 2.21. The highest BCUT2D eigenvalue weighted by atomic mass is 16.7. The summed E-state index contributed by atoms with van der Waals surface area (Å²) in [5, 5.41) is 0. The van der Waals surface area contributed by atoms with Gasteiger partial charge in [-0.05, 0) is 25.8 Å². The Morgan fingerprint density at radius 2 is 2.22 bits per heavy atom. The fourth-order valence-electron chi connectivity index (χ4n) is 2.61. The molecule has 2 unspecified atom stereocenters. The highest BCUT2D eigenvalue weighted by Gasteiger charge is 2.59. The number of hydrogen-bond acceptors (Lipinski definition) is 4. The number of rotatable bonds is 5. The molecule has 0 aromatic carbocycles. The number of carbonyl (C=O) groups excluding carboxylic acids is 1. The summed E-state index contributed by atoms with van der Waals surface area (Å²) < 4.78 is 15.7. The van der Waals surface area contributed by atoms with Crippen LogP contribution in [0.25, 0.3) is 0 Å². The molecule has 1 aliphatic carbocycles. The molecule has 0 aromatic rings. The van der Waals surface area contributed by atoms with Gasteiger partial charge in [0.25, 0.3) is 0 Å². The predicted molar refractivity (Wildman–Crippen MR) is 66.9 cm³/mol. The van der Waals surface area contributed by atoms with Crippen LogP contribution in [0.1, 0.15) is 26.7 Å². The fraction of sp³-hybridized carbons (Fsp3) is 0.643. The van der Waals surface area contributed by atoms with Crippen molar-refractivity contribution in [2.45, 2.75) is 39.1 Å². The summed E-state index contributed by atoms with van der Waals surface area (Å²) in [6, 6.07) is 0. The molecule has 4 nitrogen and oxygen atoms in total. The summed E-state index contributed by atoms with van der Waals surface area (Å²) in [7, 11) is 3.20. The quantitative estimate of drug-likeness (QED) is 0.427. The largest absolute Gasteiger partial charge is 0.460 e. The van der Waals surface area contributed by atoms with Crippen LogP contribution in [0.15, 0.2) is 23.3 Å². The lowest BCUT2D eigenvalue weighted by Crippen LogP contribution is -2.52. The average molecular weight is 252 g/mol. The van der Waals surface area contributed by atoms with E-state index >= 15 is 0 Å². The van der Waals surface area contributed by atoms with Gasteiger partial charge in [0.1, 0.15) is 11.5 Å². The fourth-order valence-corrected chi connectivity index (χ4v) is 2.61. The molecule has 4 heteroatoms. The van der Waals surface area contributed by atoms with E-state index in [9.17, 15) is 4.79 Å². The van der Waals surface area contributed by atoms with Crippen LogP contribution in [-0.2, 0) is 19.0 Å². The Morgan fingerprint density at radius 1 is 1.56 bits per heavy atom. The van der Waals surface area contributed by atoms with Gasteiger partial charge in [0.05, 0.1) is 0 Å². The molecule has 0 spiro atoms. The van der Waals surface area contributed by atoms with Crippen molar-refractivity contribution in [3.05, 3.63) is 23.3 Å². The molecule has 0 amide bonds. The minimum absolute atomic E-state index is 0.0524. The lowest BCUT2D eigenvalue weighted by Gasteiger charge is -2.41. The number of methoxy groups -OCH3 is 2. The van der Waals surface area contributed by atoms with Gasteiger partial charge in [-0.3, -0.25) is 4.79 Å². The van der Waals surface area contributed by atoms with Gasteiger partial charge < -0.3 is 14.2 Å². The summed E-state index contributed by atoms with van der Waals surface area (Å²) >= 11 is 0. The molecule has 1 aliphatic heterocycles.